The summed E-state index contributed by atoms with van der Waals surface area (Å²) in [6.45, 7) is 6.31. The van der Waals surface area contributed by atoms with Crippen molar-refractivity contribution in [2.24, 2.45) is 0 Å². The van der Waals surface area contributed by atoms with Crippen LogP contribution in [0, 0.1) is 20.8 Å². The van der Waals surface area contributed by atoms with Crippen LogP contribution in [0.3, 0.4) is 0 Å². The van der Waals surface area contributed by atoms with Crippen molar-refractivity contribution in [2.75, 3.05) is 4.90 Å². The van der Waals surface area contributed by atoms with E-state index in [1.165, 1.54) is 16.7 Å². The summed E-state index contributed by atoms with van der Waals surface area (Å²) in [7, 11) is 0. The van der Waals surface area contributed by atoms with Gasteiger partial charge in [-0.15, -0.1) is 0 Å². The summed E-state index contributed by atoms with van der Waals surface area (Å²) in [5, 5.41) is 5.02. The summed E-state index contributed by atoms with van der Waals surface area (Å²) in [6, 6.07) is 24.8. The molecular formula is C27H25N3OS2. The molecule has 2 unspecified atom stereocenters. The Bertz CT molecular complexity index is 1260. The van der Waals surface area contributed by atoms with Crippen molar-refractivity contribution in [1.82, 2.24) is 10.3 Å². The lowest BCUT2D eigenvalue weighted by Crippen LogP contribution is -2.29. The van der Waals surface area contributed by atoms with Gasteiger partial charge in [-0.2, -0.15) is 0 Å². The van der Waals surface area contributed by atoms with Crippen molar-refractivity contribution in [2.45, 2.75) is 42.8 Å². The standard InChI is InChI=1S/C27H25N3OS2/c1-17-7-9-21(10-8-17)33-24-12-11-23(31-24)26-25(22-6-4-5-13-28-22)29-27(32)30(26)20-15-18(2)14-19(3)16-20/h4-16,25-26H,1-3H3,(H,29,32). The average molecular weight is 472 g/mol. The lowest BCUT2D eigenvalue weighted by Gasteiger charge is -2.26. The number of aryl methyl sites for hydroxylation is 3. The maximum Gasteiger partial charge on any atom is 0.174 e. The lowest BCUT2D eigenvalue weighted by atomic mass is 10.0. The van der Waals surface area contributed by atoms with E-state index in [0.29, 0.717) is 5.11 Å². The van der Waals surface area contributed by atoms with Gasteiger partial charge in [0.05, 0.1) is 11.7 Å². The number of aromatic nitrogens is 1. The van der Waals surface area contributed by atoms with E-state index in [4.69, 9.17) is 16.6 Å². The van der Waals surface area contributed by atoms with Crippen molar-refractivity contribution >= 4 is 34.8 Å². The van der Waals surface area contributed by atoms with Crippen molar-refractivity contribution < 1.29 is 4.42 Å². The predicted octanol–water partition coefficient (Wildman–Crippen LogP) is 6.93. The second-order valence-corrected chi connectivity index (χ2v) is 9.88. The summed E-state index contributed by atoms with van der Waals surface area (Å²) < 4.78 is 6.41. The molecule has 4 nitrogen and oxygen atoms in total. The van der Waals surface area contributed by atoms with Crippen molar-refractivity contribution in [3.8, 4) is 0 Å². The molecule has 0 spiro atoms. The smallest absolute Gasteiger partial charge is 0.174 e. The van der Waals surface area contributed by atoms with Gasteiger partial charge in [-0.3, -0.25) is 4.98 Å². The minimum absolute atomic E-state index is 0.122. The highest BCUT2D eigenvalue weighted by atomic mass is 32.2. The zero-order chi connectivity index (χ0) is 22.9. The Balaban J connectivity index is 1.54. The molecule has 0 saturated carbocycles. The summed E-state index contributed by atoms with van der Waals surface area (Å²) in [5.74, 6) is 0.853. The average Bonchev–Trinajstić information content (AvgIpc) is 3.39. The van der Waals surface area contributed by atoms with E-state index in [1.807, 2.05) is 30.5 Å². The van der Waals surface area contributed by atoms with E-state index < -0.39 is 0 Å². The monoisotopic (exact) mass is 471 g/mol. The summed E-state index contributed by atoms with van der Waals surface area (Å²) >= 11 is 7.45. The Morgan fingerprint density at radius 2 is 1.67 bits per heavy atom. The van der Waals surface area contributed by atoms with Crippen LogP contribution in [0.4, 0.5) is 5.69 Å². The van der Waals surface area contributed by atoms with Crippen LogP contribution in [0.15, 0.2) is 93.4 Å². The van der Waals surface area contributed by atoms with Gasteiger partial charge >= 0.3 is 0 Å². The van der Waals surface area contributed by atoms with Crippen LogP contribution in [0.5, 0.6) is 0 Å². The molecule has 5 rings (SSSR count). The summed E-state index contributed by atoms with van der Waals surface area (Å²) in [5.41, 5.74) is 5.62. The number of nitrogens with one attached hydrogen (secondary N) is 1. The van der Waals surface area contributed by atoms with Crippen LogP contribution >= 0.6 is 24.0 Å². The molecule has 166 valence electrons. The van der Waals surface area contributed by atoms with Gasteiger partial charge in [0.25, 0.3) is 0 Å². The molecule has 0 bridgehead atoms. The normalized spacial score (nSPS) is 17.9. The number of nitrogens with zero attached hydrogens (tertiary/aromatic N) is 2. The first kappa shape index (κ1) is 21.7. The first-order chi connectivity index (χ1) is 16.0. The quantitative estimate of drug-likeness (QED) is 0.318. The van der Waals surface area contributed by atoms with Gasteiger partial charge in [-0.1, -0.05) is 41.6 Å². The zero-order valence-electron chi connectivity index (χ0n) is 18.8. The molecule has 2 atom stereocenters. The lowest BCUT2D eigenvalue weighted by molar-refractivity contribution is 0.383. The Hall–Kier alpha value is -3.09. The Labute approximate surface area is 204 Å². The third-order valence-electron chi connectivity index (χ3n) is 5.72. The van der Waals surface area contributed by atoms with Crippen molar-refractivity contribution in [3.05, 3.63) is 107 Å². The molecule has 1 aliphatic rings. The van der Waals surface area contributed by atoms with Crippen LogP contribution in [0.1, 0.15) is 40.2 Å². The minimum atomic E-state index is -0.152. The maximum absolute atomic E-state index is 6.41. The third kappa shape index (κ3) is 4.54. The Kier molecular flexibility index (Phi) is 5.96. The minimum Gasteiger partial charge on any atom is -0.452 e. The number of thiocarbonyl (C=S) groups is 1. The van der Waals surface area contributed by atoms with E-state index >= 15 is 0 Å². The van der Waals surface area contributed by atoms with Gasteiger partial charge in [0.1, 0.15) is 11.8 Å². The van der Waals surface area contributed by atoms with Gasteiger partial charge in [0.2, 0.25) is 0 Å². The predicted molar refractivity (Wildman–Crippen MR) is 138 cm³/mol. The van der Waals surface area contributed by atoms with Gasteiger partial charge in [0.15, 0.2) is 10.2 Å². The van der Waals surface area contributed by atoms with Crippen LogP contribution in [0.25, 0.3) is 0 Å². The molecule has 1 saturated heterocycles. The zero-order valence-corrected chi connectivity index (χ0v) is 20.4. The fraction of sp³-hybridized carbons (Fsp3) is 0.185. The van der Waals surface area contributed by atoms with Crippen LogP contribution in [-0.4, -0.2) is 10.1 Å². The van der Waals surface area contributed by atoms with Crippen LogP contribution in [-0.2, 0) is 0 Å². The molecule has 1 N–H and O–H groups in total. The molecule has 0 amide bonds. The molecule has 2 aromatic carbocycles. The number of rotatable bonds is 5. The summed E-state index contributed by atoms with van der Waals surface area (Å²) in [6.07, 6.45) is 1.82. The number of anilines is 1. The molecule has 3 heterocycles. The molecule has 6 heteroatoms. The van der Waals surface area contributed by atoms with Gasteiger partial charge in [0, 0.05) is 16.8 Å². The maximum atomic E-state index is 6.41. The number of furan rings is 1. The van der Waals surface area contributed by atoms with Crippen molar-refractivity contribution in [1.29, 1.82) is 0 Å². The topological polar surface area (TPSA) is 41.3 Å². The molecule has 2 aromatic heterocycles. The molecule has 33 heavy (non-hydrogen) atoms. The highest BCUT2D eigenvalue weighted by Gasteiger charge is 2.42. The molecule has 0 aliphatic carbocycles. The molecule has 1 fully saturated rings. The van der Waals surface area contributed by atoms with Crippen LogP contribution < -0.4 is 10.2 Å². The van der Waals surface area contributed by atoms with E-state index in [0.717, 1.165) is 27.1 Å². The highest BCUT2D eigenvalue weighted by molar-refractivity contribution is 7.99. The van der Waals surface area contributed by atoms with Crippen molar-refractivity contribution in [3.63, 3.8) is 0 Å². The first-order valence-electron chi connectivity index (χ1n) is 10.9. The number of hydrogen-bond acceptors (Lipinski definition) is 4. The van der Waals surface area contributed by atoms with Crippen LogP contribution in [0.2, 0.25) is 0 Å². The largest absolute Gasteiger partial charge is 0.452 e. The third-order valence-corrected chi connectivity index (χ3v) is 6.96. The number of hydrogen-bond donors (Lipinski definition) is 1. The van der Waals surface area contributed by atoms with Gasteiger partial charge in [-0.05, 0) is 92.6 Å². The molecule has 1 aliphatic heterocycles. The fourth-order valence-corrected chi connectivity index (χ4v) is 5.41. The SMILES string of the molecule is Cc1ccc(Sc2ccc(C3C(c4ccccn4)NC(=S)N3c3cc(C)cc(C)c3)o2)cc1. The molecule has 0 radical (unpaired) electrons. The molecular weight excluding hydrogens is 446 g/mol. The fourth-order valence-electron chi connectivity index (χ4n) is 4.28. The number of benzene rings is 2. The van der Waals surface area contributed by atoms with E-state index in [1.54, 1.807) is 11.8 Å². The Morgan fingerprint density at radius 3 is 2.36 bits per heavy atom. The Morgan fingerprint density at radius 1 is 0.909 bits per heavy atom. The molecule has 4 aromatic rings. The second-order valence-electron chi connectivity index (χ2n) is 8.41. The van der Waals surface area contributed by atoms with Gasteiger partial charge in [-0.25, -0.2) is 0 Å². The van der Waals surface area contributed by atoms with Gasteiger partial charge < -0.3 is 14.6 Å². The van der Waals surface area contributed by atoms with E-state index in [9.17, 15) is 0 Å². The number of pyridine rings is 1. The van der Waals surface area contributed by atoms with E-state index in [-0.39, 0.29) is 12.1 Å². The summed E-state index contributed by atoms with van der Waals surface area (Å²) in [4.78, 5) is 7.93. The second kappa shape index (κ2) is 9.04. The highest BCUT2D eigenvalue weighted by Crippen LogP contribution is 2.43. The first-order valence-corrected chi connectivity index (χ1v) is 12.1. The van der Waals surface area contributed by atoms with E-state index in [2.05, 4.69) is 84.5 Å².